The lowest BCUT2D eigenvalue weighted by molar-refractivity contribution is -0.126. The van der Waals surface area contributed by atoms with Crippen molar-refractivity contribution in [2.24, 2.45) is 0 Å². The molecule has 0 fully saturated rings. The summed E-state index contributed by atoms with van der Waals surface area (Å²) in [5.41, 5.74) is 7.57. The van der Waals surface area contributed by atoms with E-state index in [0.717, 1.165) is 36.5 Å². The topological polar surface area (TPSA) is 55.6 Å². The van der Waals surface area contributed by atoms with E-state index in [1.165, 1.54) is 17.5 Å². The second kappa shape index (κ2) is 7.41. The summed E-state index contributed by atoms with van der Waals surface area (Å²) in [7, 11) is 1.61. The summed E-state index contributed by atoms with van der Waals surface area (Å²) in [6.07, 6.45) is 5.42. The lowest BCUT2D eigenvalue weighted by Crippen LogP contribution is -2.31. The molecule has 2 N–H and O–H groups in total. The zero-order valence-corrected chi connectivity index (χ0v) is 13.4. The molecule has 4 nitrogen and oxygen atoms in total. The van der Waals surface area contributed by atoms with Gasteiger partial charge in [-0.2, -0.15) is 0 Å². The molecule has 0 spiro atoms. The lowest BCUT2D eigenvalue weighted by atomic mass is 10.3. The molecule has 0 unspecified atom stereocenters. The van der Waals surface area contributed by atoms with Crippen LogP contribution in [0.3, 0.4) is 0 Å². The standard InChI is InChI=1S/C16H22N2O2S/c1-3-18(13-6-4-5-7-13)16(19)11-21-15-9-8-12(17)10-14(15)20-2/h6,8-10H,3-5,7,11,17H2,1-2H3. The summed E-state index contributed by atoms with van der Waals surface area (Å²) in [5.74, 6) is 1.27. The van der Waals surface area contributed by atoms with E-state index in [1.807, 2.05) is 24.0 Å². The number of carbonyl (C=O) groups excluding carboxylic acids is 1. The first-order valence-electron chi connectivity index (χ1n) is 7.21. The maximum absolute atomic E-state index is 12.4. The first kappa shape index (κ1) is 15.8. The average molecular weight is 306 g/mol. The number of hydrogen-bond acceptors (Lipinski definition) is 4. The number of amides is 1. The van der Waals surface area contributed by atoms with Gasteiger partial charge in [0.05, 0.1) is 12.9 Å². The molecular weight excluding hydrogens is 284 g/mol. The van der Waals surface area contributed by atoms with Gasteiger partial charge in [-0.3, -0.25) is 4.79 Å². The highest BCUT2D eigenvalue weighted by molar-refractivity contribution is 8.00. The zero-order valence-electron chi connectivity index (χ0n) is 12.6. The predicted molar refractivity (Wildman–Crippen MR) is 87.5 cm³/mol. The first-order chi connectivity index (χ1) is 10.2. The third kappa shape index (κ3) is 3.94. The molecule has 1 amide bonds. The zero-order chi connectivity index (χ0) is 15.2. The minimum absolute atomic E-state index is 0.148. The molecular formula is C16H22N2O2S. The minimum Gasteiger partial charge on any atom is -0.496 e. The number of carbonyl (C=O) groups is 1. The van der Waals surface area contributed by atoms with Crippen molar-refractivity contribution in [1.29, 1.82) is 0 Å². The van der Waals surface area contributed by atoms with Crippen LogP contribution in [0.15, 0.2) is 34.9 Å². The van der Waals surface area contributed by atoms with E-state index < -0.39 is 0 Å². The predicted octanol–water partition coefficient (Wildman–Crippen LogP) is 3.29. The Labute approximate surface area is 130 Å². The van der Waals surface area contributed by atoms with Crippen LogP contribution in [0, 0.1) is 0 Å². The number of ether oxygens (including phenoxy) is 1. The number of benzene rings is 1. The lowest BCUT2D eigenvalue weighted by Gasteiger charge is -2.22. The highest BCUT2D eigenvalue weighted by Gasteiger charge is 2.19. The molecule has 114 valence electrons. The van der Waals surface area contributed by atoms with E-state index in [9.17, 15) is 4.79 Å². The Morgan fingerprint density at radius 1 is 1.48 bits per heavy atom. The molecule has 0 saturated carbocycles. The van der Waals surface area contributed by atoms with Gasteiger partial charge in [-0.25, -0.2) is 0 Å². The number of thioether (sulfide) groups is 1. The van der Waals surface area contributed by atoms with E-state index in [1.54, 1.807) is 13.2 Å². The summed E-state index contributed by atoms with van der Waals surface area (Å²) >= 11 is 1.49. The van der Waals surface area contributed by atoms with Gasteiger partial charge in [0.15, 0.2) is 0 Å². The molecule has 1 aliphatic rings. The molecule has 0 atom stereocenters. The molecule has 0 saturated heterocycles. The van der Waals surface area contributed by atoms with Crippen molar-refractivity contribution >= 4 is 23.4 Å². The maximum atomic E-state index is 12.4. The van der Waals surface area contributed by atoms with E-state index in [0.29, 0.717) is 11.4 Å². The molecule has 0 aromatic heterocycles. The van der Waals surface area contributed by atoms with E-state index in [-0.39, 0.29) is 5.91 Å². The Hall–Kier alpha value is -1.62. The third-order valence-corrected chi connectivity index (χ3v) is 4.56. The number of nitrogens with zero attached hydrogens (tertiary/aromatic N) is 1. The molecule has 2 rings (SSSR count). The van der Waals surface area contributed by atoms with Gasteiger partial charge in [0.1, 0.15) is 5.75 Å². The van der Waals surface area contributed by atoms with Gasteiger partial charge >= 0.3 is 0 Å². The van der Waals surface area contributed by atoms with Crippen LogP contribution in [0.25, 0.3) is 0 Å². The van der Waals surface area contributed by atoms with E-state index in [4.69, 9.17) is 10.5 Å². The van der Waals surface area contributed by atoms with Gasteiger partial charge in [-0.1, -0.05) is 6.08 Å². The highest BCUT2D eigenvalue weighted by atomic mass is 32.2. The van der Waals surface area contributed by atoms with E-state index >= 15 is 0 Å². The number of methoxy groups -OCH3 is 1. The van der Waals surface area contributed by atoms with Crippen molar-refractivity contribution in [3.05, 3.63) is 30.0 Å². The quantitative estimate of drug-likeness (QED) is 0.647. The second-order valence-corrected chi connectivity index (χ2v) is 5.94. The van der Waals surface area contributed by atoms with Crippen LogP contribution >= 0.6 is 11.8 Å². The Balaban J connectivity index is 2.00. The third-order valence-electron chi connectivity index (χ3n) is 3.52. The summed E-state index contributed by atoms with van der Waals surface area (Å²) in [5, 5.41) is 0. The monoisotopic (exact) mass is 306 g/mol. The van der Waals surface area contributed by atoms with E-state index in [2.05, 4.69) is 6.08 Å². The van der Waals surface area contributed by atoms with Gasteiger partial charge < -0.3 is 15.4 Å². The number of allylic oxidation sites excluding steroid dienone is 2. The molecule has 0 radical (unpaired) electrons. The summed E-state index contributed by atoms with van der Waals surface area (Å²) in [6.45, 7) is 2.75. The van der Waals surface area contributed by atoms with Crippen molar-refractivity contribution in [1.82, 2.24) is 4.90 Å². The smallest absolute Gasteiger partial charge is 0.237 e. The van der Waals surface area contributed by atoms with Crippen molar-refractivity contribution < 1.29 is 9.53 Å². The van der Waals surface area contributed by atoms with Crippen LogP contribution in [-0.4, -0.2) is 30.2 Å². The molecule has 1 aromatic carbocycles. The van der Waals surface area contributed by atoms with Crippen LogP contribution in [0.2, 0.25) is 0 Å². The Morgan fingerprint density at radius 3 is 2.90 bits per heavy atom. The summed E-state index contributed by atoms with van der Waals surface area (Å²) in [6, 6.07) is 5.51. The number of rotatable bonds is 6. The van der Waals surface area contributed by atoms with Crippen LogP contribution in [0.5, 0.6) is 5.75 Å². The minimum atomic E-state index is 0.148. The van der Waals surface area contributed by atoms with Crippen LogP contribution in [-0.2, 0) is 4.79 Å². The average Bonchev–Trinajstić information content (AvgIpc) is 3.00. The Morgan fingerprint density at radius 2 is 2.29 bits per heavy atom. The molecule has 0 bridgehead atoms. The van der Waals surface area contributed by atoms with Gasteiger partial charge in [0.25, 0.3) is 0 Å². The molecule has 0 heterocycles. The van der Waals surface area contributed by atoms with Crippen LogP contribution < -0.4 is 10.5 Å². The summed E-state index contributed by atoms with van der Waals surface area (Å²) in [4.78, 5) is 15.2. The SMILES string of the molecule is CCN(C(=O)CSc1ccc(N)cc1OC)C1=CCCC1. The molecule has 1 aliphatic carbocycles. The number of hydrogen-bond donors (Lipinski definition) is 1. The fourth-order valence-electron chi connectivity index (χ4n) is 2.46. The molecule has 0 aliphatic heterocycles. The van der Waals surface area contributed by atoms with Crippen molar-refractivity contribution in [3.8, 4) is 5.75 Å². The van der Waals surface area contributed by atoms with Crippen molar-refractivity contribution in [2.45, 2.75) is 31.1 Å². The second-order valence-electron chi connectivity index (χ2n) is 4.92. The Kier molecular flexibility index (Phi) is 5.56. The highest BCUT2D eigenvalue weighted by Crippen LogP contribution is 2.31. The summed E-state index contributed by atoms with van der Waals surface area (Å²) < 4.78 is 5.31. The number of anilines is 1. The normalized spacial score (nSPS) is 13.9. The number of nitrogens with two attached hydrogens (primary N) is 1. The number of nitrogen functional groups attached to an aromatic ring is 1. The van der Waals surface area contributed by atoms with Gasteiger partial charge in [-0.05, 0) is 38.3 Å². The van der Waals surface area contributed by atoms with Gasteiger partial charge in [-0.15, -0.1) is 11.8 Å². The van der Waals surface area contributed by atoms with Crippen molar-refractivity contribution in [3.63, 3.8) is 0 Å². The Bertz CT molecular complexity index is 543. The van der Waals surface area contributed by atoms with Gasteiger partial charge in [0, 0.05) is 28.9 Å². The van der Waals surface area contributed by atoms with Crippen molar-refractivity contribution in [2.75, 3.05) is 25.1 Å². The molecule has 21 heavy (non-hydrogen) atoms. The maximum Gasteiger partial charge on any atom is 0.237 e. The largest absolute Gasteiger partial charge is 0.496 e. The van der Waals surface area contributed by atoms with Crippen LogP contribution in [0.4, 0.5) is 5.69 Å². The van der Waals surface area contributed by atoms with Gasteiger partial charge in [0.2, 0.25) is 5.91 Å². The molecule has 1 aromatic rings. The molecule has 5 heteroatoms. The fourth-order valence-corrected chi connectivity index (χ4v) is 3.34. The first-order valence-corrected chi connectivity index (χ1v) is 8.20. The fraction of sp³-hybridized carbons (Fsp3) is 0.438. The van der Waals surface area contributed by atoms with Crippen LogP contribution in [0.1, 0.15) is 26.2 Å².